The molecular weight excluding hydrogens is 310 g/mol. The molecule has 1 amide bonds. The molecule has 1 fully saturated rings. The normalized spacial score (nSPS) is 28.3. The molecule has 7 nitrogen and oxygen atoms in total. The van der Waals surface area contributed by atoms with Gasteiger partial charge in [-0.3, -0.25) is 14.5 Å². The number of nitrogens with two attached hydrogens (primary N) is 1. The van der Waals surface area contributed by atoms with Crippen LogP contribution < -0.4 is 5.73 Å². The number of nitrogens with zero attached hydrogens (tertiary/aromatic N) is 1. The number of carbonyl (C=O) groups is 3. The van der Waals surface area contributed by atoms with Gasteiger partial charge >= 0.3 is 11.9 Å². The lowest BCUT2D eigenvalue weighted by atomic mass is 9.88. The highest BCUT2D eigenvalue weighted by Crippen LogP contribution is 2.47. The number of amides is 1. The number of hydrogen-bond acceptors (Lipinski definition) is 6. The van der Waals surface area contributed by atoms with Gasteiger partial charge in [-0.2, -0.15) is 0 Å². The number of esters is 1. The number of carboxylic acids is 1. The number of carboxylic acid groups (broad SMARTS) is 1. The molecule has 2 heterocycles. The Kier molecular flexibility index (Phi) is 3.93. The number of β-lactam (4-membered cyclic amide) rings is 1. The van der Waals surface area contributed by atoms with Crippen molar-refractivity contribution in [3.05, 3.63) is 11.3 Å². The van der Waals surface area contributed by atoms with E-state index in [4.69, 9.17) is 10.5 Å². The first-order valence-corrected chi connectivity index (χ1v) is 6.87. The maximum Gasteiger partial charge on any atom is 0.352 e. The first-order chi connectivity index (χ1) is 9.71. The maximum absolute atomic E-state index is 12.9. The number of thioether (sulfide) groups is 1. The van der Waals surface area contributed by atoms with E-state index >= 15 is 0 Å². The summed E-state index contributed by atoms with van der Waals surface area (Å²) in [6.07, 6.45) is -3.09. The number of aliphatic carboxylic acids is 1. The molecule has 0 aromatic rings. The summed E-state index contributed by atoms with van der Waals surface area (Å²) in [7, 11) is 0. The van der Waals surface area contributed by atoms with Gasteiger partial charge in [0.1, 0.15) is 17.7 Å². The molecule has 0 bridgehead atoms. The zero-order valence-electron chi connectivity index (χ0n) is 10.8. The molecule has 0 saturated carbocycles. The molecule has 2 atom stereocenters. The van der Waals surface area contributed by atoms with Crippen LogP contribution in [0.15, 0.2) is 11.3 Å². The van der Waals surface area contributed by atoms with Crippen molar-refractivity contribution in [2.45, 2.75) is 24.3 Å². The predicted octanol–water partition coefficient (Wildman–Crippen LogP) is -0.234. The van der Waals surface area contributed by atoms with E-state index in [1.54, 1.807) is 0 Å². The molecule has 21 heavy (non-hydrogen) atoms. The van der Waals surface area contributed by atoms with Crippen LogP contribution >= 0.6 is 11.8 Å². The number of fused-ring (bicyclic) bond motifs is 1. The third kappa shape index (κ3) is 2.27. The standard InChI is InChI=1S/C11H12F2N2O5S/c1-4(16)20-2-5-3-21-10-11(14,8(12)13)9(19)15(10)6(5)7(17)18/h8,10H,2-3,14H2,1H3,(H,17,18)/t10-,11+/m1/s1. The van der Waals surface area contributed by atoms with E-state index in [1.165, 1.54) is 0 Å². The van der Waals surface area contributed by atoms with Gasteiger partial charge in [-0.1, -0.05) is 0 Å². The molecule has 2 aliphatic rings. The number of carbonyl (C=O) groups excluding carboxylic acids is 2. The number of hydrogen-bond donors (Lipinski definition) is 2. The van der Waals surface area contributed by atoms with E-state index < -0.39 is 40.9 Å². The Morgan fingerprint density at radius 1 is 1.62 bits per heavy atom. The minimum absolute atomic E-state index is 0.0367. The SMILES string of the molecule is CC(=O)OCC1=C(C(=O)O)N2C(=O)[C@@](N)(C(F)F)[C@H]2SC1. The fourth-order valence-corrected chi connectivity index (χ4v) is 3.58. The van der Waals surface area contributed by atoms with Crippen LogP contribution in [-0.2, 0) is 19.1 Å². The lowest BCUT2D eigenvalue weighted by Crippen LogP contribution is -2.81. The maximum atomic E-state index is 12.9. The first-order valence-electron chi connectivity index (χ1n) is 5.82. The van der Waals surface area contributed by atoms with Crippen molar-refractivity contribution >= 4 is 29.6 Å². The quantitative estimate of drug-likeness (QED) is 0.543. The van der Waals surface area contributed by atoms with Crippen LogP contribution in [0.5, 0.6) is 0 Å². The summed E-state index contributed by atoms with van der Waals surface area (Å²) in [6, 6.07) is 0. The van der Waals surface area contributed by atoms with Crippen molar-refractivity contribution in [1.82, 2.24) is 4.90 Å². The average molecular weight is 322 g/mol. The smallest absolute Gasteiger partial charge is 0.352 e. The Hall–Kier alpha value is -1.68. The highest BCUT2D eigenvalue weighted by atomic mass is 32.2. The highest BCUT2D eigenvalue weighted by molar-refractivity contribution is 8.00. The van der Waals surface area contributed by atoms with Crippen molar-refractivity contribution in [3.8, 4) is 0 Å². The Labute approximate surface area is 122 Å². The largest absolute Gasteiger partial charge is 0.477 e. The van der Waals surface area contributed by atoms with Crippen LogP contribution in [0.1, 0.15) is 6.92 Å². The van der Waals surface area contributed by atoms with E-state index in [0.29, 0.717) is 0 Å². The van der Waals surface area contributed by atoms with Gasteiger partial charge in [0.25, 0.3) is 12.3 Å². The van der Waals surface area contributed by atoms with Crippen molar-refractivity contribution in [1.29, 1.82) is 0 Å². The Balaban J connectivity index is 2.33. The summed E-state index contributed by atoms with van der Waals surface area (Å²) >= 11 is 0.921. The van der Waals surface area contributed by atoms with Gasteiger partial charge in [-0.05, 0) is 0 Å². The lowest BCUT2D eigenvalue weighted by Gasteiger charge is -2.54. The van der Waals surface area contributed by atoms with Crippen LogP contribution in [0.4, 0.5) is 8.78 Å². The number of ether oxygens (including phenoxy) is 1. The topological polar surface area (TPSA) is 110 Å². The summed E-state index contributed by atoms with van der Waals surface area (Å²) in [6.45, 7) is 0.836. The van der Waals surface area contributed by atoms with Crippen LogP contribution in [0.25, 0.3) is 0 Å². The van der Waals surface area contributed by atoms with Gasteiger partial charge < -0.3 is 15.6 Å². The van der Waals surface area contributed by atoms with Crippen LogP contribution in [0, 0.1) is 0 Å². The molecule has 116 valence electrons. The second-order valence-corrected chi connectivity index (χ2v) is 5.68. The van der Waals surface area contributed by atoms with Crippen LogP contribution in [-0.4, -0.2) is 57.6 Å². The van der Waals surface area contributed by atoms with Crippen molar-refractivity contribution in [3.63, 3.8) is 0 Å². The molecule has 0 radical (unpaired) electrons. The molecule has 3 N–H and O–H groups in total. The molecule has 0 spiro atoms. The average Bonchev–Trinajstić information content (AvgIpc) is 2.41. The Morgan fingerprint density at radius 2 is 2.24 bits per heavy atom. The first kappa shape index (κ1) is 15.7. The number of rotatable bonds is 4. The summed E-state index contributed by atoms with van der Waals surface area (Å²) in [5.74, 6) is -3.18. The number of alkyl halides is 2. The highest BCUT2D eigenvalue weighted by Gasteiger charge is 2.67. The Bertz CT molecular complexity index is 553. The molecule has 0 aliphatic carbocycles. The minimum Gasteiger partial charge on any atom is -0.477 e. The lowest BCUT2D eigenvalue weighted by molar-refractivity contribution is -0.164. The van der Waals surface area contributed by atoms with E-state index in [-0.39, 0.29) is 17.9 Å². The zero-order chi connectivity index (χ0) is 15.9. The van der Waals surface area contributed by atoms with E-state index in [2.05, 4.69) is 0 Å². The molecule has 0 aromatic heterocycles. The summed E-state index contributed by atoms with van der Waals surface area (Å²) in [5, 5.41) is 8.05. The summed E-state index contributed by atoms with van der Waals surface area (Å²) in [4.78, 5) is 34.7. The van der Waals surface area contributed by atoms with Gasteiger partial charge in [0.2, 0.25) is 0 Å². The van der Waals surface area contributed by atoms with Crippen molar-refractivity contribution in [2.75, 3.05) is 12.4 Å². The third-order valence-electron chi connectivity index (χ3n) is 3.24. The predicted molar refractivity (Wildman–Crippen MR) is 67.3 cm³/mol. The molecule has 10 heteroatoms. The van der Waals surface area contributed by atoms with Gasteiger partial charge in [-0.25, -0.2) is 13.6 Å². The molecule has 2 rings (SSSR count). The molecule has 2 aliphatic heterocycles. The fraction of sp³-hybridized carbons (Fsp3) is 0.545. The van der Waals surface area contributed by atoms with Gasteiger partial charge in [0.15, 0.2) is 5.54 Å². The van der Waals surface area contributed by atoms with Gasteiger partial charge in [0, 0.05) is 18.2 Å². The molecular formula is C11H12F2N2O5S. The van der Waals surface area contributed by atoms with E-state index in [0.717, 1.165) is 23.6 Å². The zero-order valence-corrected chi connectivity index (χ0v) is 11.7. The van der Waals surface area contributed by atoms with Gasteiger partial charge in [-0.15, -0.1) is 11.8 Å². The second kappa shape index (κ2) is 5.26. The van der Waals surface area contributed by atoms with Crippen molar-refractivity contribution in [2.24, 2.45) is 5.73 Å². The fourth-order valence-electron chi connectivity index (χ4n) is 2.17. The molecule has 1 saturated heterocycles. The minimum atomic E-state index is -3.09. The molecule has 0 unspecified atom stereocenters. The van der Waals surface area contributed by atoms with E-state index in [9.17, 15) is 28.3 Å². The summed E-state index contributed by atoms with van der Waals surface area (Å²) in [5.41, 5.74) is 2.77. The van der Waals surface area contributed by atoms with Crippen LogP contribution in [0.2, 0.25) is 0 Å². The van der Waals surface area contributed by atoms with E-state index in [1.807, 2.05) is 0 Å². The van der Waals surface area contributed by atoms with Crippen LogP contribution in [0.3, 0.4) is 0 Å². The second-order valence-electron chi connectivity index (χ2n) is 4.61. The number of halogens is 2. The van der Waals surface area contributed by atoms with Gasteiger partial charge in [0.05, 0.1) is 0 Å². The van der Waals surface area contributed by atoms with Crippen molar-refractivity contribution < 1.29 is 33.0 Å². The third-order valence-corrected chi connectivity index (χ3v) is 4.67. The summed E-state index contributed by atoms with van der Waals surface area (Å²) < 4.78 is 30.6. The monoisotopic (exact) mass is 322 g/mol. The molecule has 0 aromatic carbocycles. The Morgan fingerprint density at radius 3 is 2.71 bits per heavy atom.